The first kappa shape index (κ1) is 14.5. The number of hydrogen-bond acceptors (Lipinski definition) is 6. The number of nitrogens with two attached hydrogens (primary N) is 1. The van der Waals surface area contributed by atoms with Gasteiger partial charge < -0.3 is 5.73 Å². The van der Waals surface area contributed by atoms with E-state index in [-0.39, 0.29) is 12.4 Å². The summed E-state index contributed by atoms with van der Waals surface area (Å²) in [7, 11) is -4.05. The highest BCUT2D eigenvalue weighted by molar-refractivity contribution is 7.89. The number of rotatable bonds is 5. The lowest BCUT2D eigenvalue weighted by atomic mass is 10.2. The van der Waals surface area contributed by atoms with Crippen LogP contribution in [0, 0.1) is 5.82 Å². The van der Waals surface area contributed by atoms with Gasteiger partial charge in [0.1, 0.15) is 10.7 Å². The van der Waals surface area contributed by atoms with E-state index in [0.717, 1.165) is 6.07 Å². The van der Waals surface area contributed by atoms with Crippen LogP contribution >= 0.6 is 0 Å². The van der Waals surface area contributed by atoms with Crippen molar-refractivity contribution >= 4 is 10.0 Å². The summed E-state index contributed by atoms with van der Waals surface area (Å²) in [5.74, 6) is -0.695. The van der Waals surface area contributed by atoms with Gasteiger partial charge in [-0.3, -0.25) is 0 Å². The molecule has 108 valence electrons. The van der Waals surface area contributed by atoms with E-state index >= 15 is 0 Å². The Labute approximate surface area is 114 Å². The molecule has 1 unspecified atom stereocenters. The Morgan fingerprint density at radius 2 is 2.25 bits per heavy atom. The fourth-order valence-electron chi connectivity index (χ4n) is 1.58. The van der Waals surface area contributed by atoms with Crippen LogP contribution in [-0.2, 0) is 16.6 Å². The lowest BCUT2D eigenvalue weighted by Gasteiger charge is -2.12. The molecule has 0 radical (unpaired) electrons. The summed E-state index contributed by atoms with van der Waals surface area (Å²) < 4.78 is 40.3. The van der Waals surface area contributed by atoms with Crippen molar-refractivity contribution in [2.24, 2.45) is 5.73 Å². The maximum Gasteiger partial charge on any atom is 0.244 e. The summed E-state index contributed by atoms with van der Waals surface area (Å²) in [5.41, 5.74) is 5.93. The molecule has 0 aliphatic heterocycles. The van der Waals surface area contributed by atoms with E-state index in [0.29, 0.717) is 5.56 Å². The van der Waals surface area contributed by atoms with E-state index < -0.39 is 26.8 Å². The molecule has 4 N–H and O–H groups in total. The number of aromatic nitrogens is 4. The minimum atomic E-state index is -4.05. The molecule has 1 aromatic heterocycles. The Morgan fingerprint density at radius 1 is 1.50 bits per heavy atom. The molecule has 2 aromatic rings. The zero-order valence-electron chi connectivity index (χ0n) is 10.5. The largest absolute Gasteiger partial charge is 0.326 e. The van der Waals surface area contributed by atoms with Gasteiger partial charge in [0, 0.05) is 6.54 Å². The normalized spacial score (nSPS) is 13.3. The highest BCUT2D eigenvalue weighted by Crippen LogP contribution is 2.18. The van der Waals surface area contributed by atoms with Crippen LogP contribution < -0.4 is 10.5 Å². The molecular weight excluding hydrogens is 287 g/mol. The number of nitrogens with one attached hydrogen (secondary N) is 2. The number of benzene rings is 1. The van der Waals surface area contributed by atoms with Gasteiger partial charge >= 0.3 is 0 Å². The first-order valence-electron chi connectivity index (χ1n) is 5.68. The molecule has 8 nitrogen and oxygen atoms in total. The topological polar surface area (TPSA) is 127 Å². The third kappa shape index (κ3) is 2.98. The molecule has 0 aliphatic rings. The summed E-state index contributed by atoms with van der Waals surface area (Å²) in [6.45, 7) is 1.64. The molecule has 10 heteroatoms. The summed E-state index contributed by atoms with van der Waals surface area (Å²) in [4.78, 5) is -0.462. The Hall–Kier alpha value is -1.91. The van der Waals surface area contributed by atoms with E-state index in [2.05, 4.69) is 25.3 Å². The second-order valence-corrected chi connectivity index (χ2v) is 5.76. The van der Waals surface area contributed by atoms with Crippen molar-refractivity contribution in [2.45, 2.75) is 24.4 Å². The number of hydrogen-bond donors (Lipinski definition) is 3. The van der Waals surface area contributed by atoms with Crippen LogP contribution in [-0.4, -0.2) is 29.0 Å². The van der Waals surface area contributed by atoms with Crippen molar-refractivity contribution in [3.8, 4) is 0 Å². The van der Waals surface area contributed by atoms with Gasteiger partial charge in [0.05, 0.1) is 6.04 Å². The number of halogens is 1. The molecule has 1 aromatic carbocycles. The molecule has 0 aliphatic carbocycles. The Balaban J connectivity index is 2.31. The van der Waals surface area contributed by atoms with Crippen molar-refractivity contribution in [1.29, 1.82) is 0 Å². The van der Waals surface area contributed by atoms with Crippen molar-refractivity contribution < 1.29 is 12.8 Å². The first-order valence-corrected chi connectivity index (χ1v) is 7.16. The summed E-state index contributed by atoms with van der Waals surface area (Å²) in [6, 6.07) is 2.94. The predicted octanol–water partition coefficient (Wildman–Crippen LogP) is -0.163. The molecule has 0 amide bonds. The SMILES string of the molecule is CC(NS(=O)(=O)c1cc(CN)ccc1F)c1nn[nH]n1. The lowest BCUT2D eigenvalue weighted by Crippen LogP contribution is -2.28. The first-order chi connectivity index (χ1) is 9.44. The number of nitrogens with zero attached hydrogens (tertiary/aromatic N) is 3. The third-order valence-electron chi connectivity index (χ3n) is 2.60. The summed E-state index contributed by atoms with van der Waals surface area (Å²) in [5, 5.41) is 12.9. The van der Waals surface area contributed by atoms with Crippen LogP contribution in [0.2, 0.25) is 0 Å². The third-order valence-corrected chi connectivity index (χ3v) is 4.16. The minimum Gasteiger partial charge on any atom is -0.326 e. The van der Waals surface area contributed by atoms with Gasteiger partial charge in [-0.1, -0.05) is 11.3 Å². The van der Waals surface area contributed by atoms with Crippen molar-refractivity contribution in [3.63, 3.8) is 0 Å². The fraction of sp³-hybridized carbons (Fsp3) is 0.300. The maximum atomic E-state index is 13.7. The molecular formula is C10H13FN6O2S. The van der Waals surface area contributed by atoms with Crippen LogP contribution in [0.25, 0.3) is 0 Å². The standard InChI is InChI=1S/C10H13FN6O2S/c1-6(10-13-16-17-14-10)15-20(18,19)9-4-7(5-12)2-3-8(9)11/h2-4,6,15H,5,12H2,1H3,(H,13,14,16,17). The predicted molar refractivity (Wildman–Crippen MR) is 67.2 cm³/mol. The monoisotopic (exact) mass is 300 g/mol. The maximum absolute atomic E-state index is 13.7. The van der Waals surface area contributed by atoms with Crippen LogP contribution in [0.1, 0.15) is 24.4 Å². The van der Waals surface area contributed by atoms with E-state index in [1.165, 1.54) is 19.1 Å². The van der Waals surface area contributed by atoms with Crippen LogP contribution in [0.15, 0.2) is 23.1 Å². The van der Waals surface area contributed by atoms with E-state index in [1.54, 1.807) is 0 Å². The molecule has 0 saturated heterocycles. The van der Waals surface area contributed by atoms with Crippen molar-refractivity contribution in [2.75, 3.05) is 0 Å². The second kappa shape index (κ2) is 5.61. The molecule has 2 rings (SSSR count). The van der Waals surface area contributed by atoms with Crippen molar-refractivity contribution in [1.82, 2.24) is 25.3 Å². The van der Waals surface area contributed by atoms with Gasteiger partial charge in [-0.05, 0) is 24.6 Å². The zero-order valence-corrected chi connectivity index (χ0v) is 11.4. The lowest BCUT2D eigenvalue weighted by molar-refractivity contribution is 0.541. The average Bonchev–Trinajstić information content (AvgIpc) is 2.92. The Morgan fingerprint density at radius 3 is 2.85 bits per heavy atom. The van der Waals surface area contributed by atoms with Gasteiger partial charge in [0.2, 0.25) is 10.0 Å². The second-order valence-electron chi connectivity index (χ2n) is 4.08. The fourth-order valence-corrected chi connectivity index (χ4v) is 2.91. The van der Waals surface area contributed by atoms with Gasteiger partial charge in [-0.2, -0.15) is 5.21 Å². The Bertz CT molecular complexity index is 688. The molecule has 0 fully saturated rings. The van der Waals surface area contributed by atoms with E-state index in [4.69, 9.17) is 5.73 Å². The van der Waals surface area contributed by atoms with Gasteiger partial charge in [-0.25, -0.2) is 17.5 Å². The average molecular weight is 300 g/mol. The minimum absolute atomic E-state index is 0.114. The number of aromatic amines is 1. The molecule has 0 bridgehead atoms. The molecule has 1 heterocycles. The highest BCUT2D eigenvalue weighted by Gasteiger charge is 2.24. The zero-order chi connectivity index (χ0) is 14.8. The van der Waals surface area contributed by atoms with Gasteiger partial charge in [0.15, 0.2) is 5.82 Å². The van der Waals surface area contributed by atoms with E-state index in [9.17, 15) is 12.8 Å². The van der Waals surface area contributed by atoms with Crippen LogP contribution in [0.3, 0.4) is 0 Å². The molecule has 0 spiro atoms. The van der Waals surface area contributed by atoms with Crippen LogP contribution in [0.5, 0.6) is 0 Å². The quantitative estimate of drug-likeness (QED) is 0.704. The smallest absolute Gasteiger partial charge is 0.244 e. The Kier molecular flexibility index (Phi) is 4.06. The number of sulfonamides is 1. The van der Waals surface area contributed by atoms with Gasteiger partial charge in [-0.15, -0.1) is 10.2 Å². The number of tetrazole rings is 1. The number of H-pyrrole nitrogens is 1. The van der Waals surface area contributed by atoms with Crippen LogP contribution in [0.4, 0.5) is 4.39 Å². The van der Waals surface area contributed by atoms with Crippen molar-refractivity contribution in [3.05, 3.63) is 35.4 Å². The van der Waals surface area contributed by atoms with Gasteiger partial charge in [0.25, 0.3) is 0 Å². The van der Waals surface area contributed by atoms with E-state index in [1.807, 2.05) is 0 Å². The summed E-state index contributed by atoms with van der Waals surface area (Å²) >= 11 is 0. The molecule has 1 atom stereocenters. The highest BCUT2D eigenvalue weighted by atomic mass is 32.2. The summed E-state index contributed by atoms with van der Waals surface area (Å²) in [6.07, 6.45) is 0. The molecule has 0 saturated carbocycles. The molecule has 20 heavy (non-hydrogen) atoms.